The maximum absolute atomic E-state index is 8.51. The van der Waals surface area contributed by atoms with E-state index in [4.69, 9.17) is 74.9 Å². The van der Waals surface area contributed by atoms with Crippen molar-refractivity contribution in [2.24, 2.45) is 4.36 Å². The Hall–Kier alpha value is 0.0949. The van der Waals surface area contributed by atoms with Crippen molar-refractivity contribution in [1.29, 1.82) is 5.26 Å². The van der Waals surface area contributed by atoms with Crippen molar-refractivity contribution in [3.63, 3.8) is 0 Å². The van der Waals surface area contributed by atoms with Crippen LogP contribution in [0.2, 0.25) is 0 Å². The Bertz CT molecular complexity index is 911. The van der Waals surface area contributed by atoms with E-state index in [0.717, 1.165) is 11.1 Å². The smallest absolute Gasteiger partial charge is 0.232 e. The van der Waals surface area contributed by atoms with E-state index in [-0.39, 0.29) is 39.2 Å². The molecule has 2 aromatic rings. The summed E-state index contributed by atoms with van der Waals surface area (Å²) >= 11 is 35.9. The monoisotopic (exact) mass is 621 g/mol. The van der Waals surface area contributed by atoms with Gasteiger partial charge in [-0.3, -0.25) is 9.97 Å². The zero-order valence-electron chi connectivity index (χ0n) is 17.6. The van der Waals surface area contributed by atoms with Crippen LogP contribution in [0.4, 0.5) is 0 Å². The highest BCUT2D eigenvalue weighted by molar-refractivity contribution is 7.98. The molecular formula is C21H28BCl6N4S2. The molecule has 2 heterocycles. The molecule has 0 bridgehead atoms. The molecule has 2 aromatic heterocycles. The van der Waals surface area contributed by atoms with Gasteiger partial charge in [-0.15, -0.1) is 0 Å². The molecule has 3 radical (unpaired) electrons. The van der Waals surface area contributed by atoms with E-state index >= 15 is 0 Å². The lowest BCUT2D eigenvalue weighted by Gasteiger charge is -2.14. The summed E-state index contributed by atoms with van der Waals surface area (Å²) in [6.07, 6.45) is 9.16. The van der Waals surface area contributed by atoms with Gasteiger partial charge in [-0.05, 0) is 49.6 Å². The average molecular weight is 624 g/mol. The number of aromatic nitrogens is 2. The average Bonchev–Trinajstić information content (AvgIpc) is 2.72. The number of hydrogen-bond acceptors (Lipinski definition) is 5. The molecule has 0 spiro atoms. The van der Waals surface area contributed by atoms with Gasteiger partial charge < -0.3 is 0 Å². The molecule has 2 rings (SSSR count). The van der Waals surface area contributed by atoms with Gasteiger partial charge in [0.15, 0.2) is 0 Å². The van der Waals surface area contributed by atoms with Gasteiger partial charge in [0, 0.05) is 31.3 Å². The summed E-state index contributed by atoms with van der Waals surface area (Å²) in [6, 6.07) is 7.19. The summed E-state index contributed by atoms with van der Waals surface area (Å²) in [7, 11) is -0.369. The van der Waals surface area contributed by atoms with E-state index in [9.17, 15) is 0 Å². The third-order valence-corrected chi connectivity index (χ3v) is 7.95. The summed E-state index contributed by atoms with van der Waals surface area (Å²) in [6.45, 7) is 4.09. The van der Waals surface area contributed by atoms with Gasteiger partial charge in [-0.25, -0.2) is 0 Å². The highest BCUT2D eigenvalue weighted by Gasteiger charge is 2.25. The molecule has 34 heavy (non-hydrogen) atoms. The number of thioether (sulfide) groups is 1. The molecule has 3 atom stereocenters. The highest BCUT2D eigenvalue weighted by Crippen LogP contribution is 2.38. The topological polar surface area (TPSA) is 61.9 Å². The predicted molar refractivity (Wildman–Crippen MR) is 158 cm³/mol. The molecule has 189 valence electrons. The summed E-state index contributed by atoms with van der Waals surface area (Å²) < 4.78 is 0.863. The Balaban J connectivity index is -0.000000527. The van der Waals surface area contributed by atoms with E-state index in [1.807, 2.05) is 37.8 Å². The van der Waals surface area contributed by atoms with Crippen molar-refractivity contribution in [1.82, 2.24) is 9.97 Å². The molecular weight excluding hydrogens is 596 g/mol. The maximum atomic E-state index is 8.51. The zero-order chi connectivity index (χ0) is 23.8. The minimum Gasteiger partial charge on any atom is -0.256 e. The highest BCUT2D eigenvalue weighted by atomic mass is 35.6. The van der Waals surface area contributed by atoms with Crippen molar-refractivity contribution in [3.8, 4) is 6.19 Å². The van der Waals surface area contributed by atoms with Crippen LogP contribution in [-0.2, 0) is 18.3 Å². The number of hydrogen-bond donors (Lipinski definition) is 0. The van der Waals surface area contributed by atoms with E-state index in [0.29, 0.717) is 16.6 Å². The molecule has 3 unspecified atom stereocenters. The first kappa shape index (κ1) is 38.6. The van der Waals surface area contributed by atoms with Gasteiger partial charge in [0.25, 0.3) is 0 Å². The molecule has 0 amide bonds. The second kappa shape index (κ2) is 17.5. The van der Waals surface area contributed by atoms with Gasteiger partial charge in [-0.2, -0.15) is 21.4 Å². The van der Waals surface area contributed by atoms with Crippen LogP contribution >= 0.6 is 81.4 Å². The quantitative estimate of drug-likeness (QED) is 0.194. The molecule has 0 N–H and O–H groups in total. The van der Waals surface area contributed by atoms with Crippen LogP contribution in [0.15, 0.2) is 41.0 Å². The van der Waals surface area contributed by atoms with Crippen molar-refractivity contribution < 1.29 is 0 Å². The van der Waals surface area contributed by atoms with Crippen LogP contribution in [-0.4, -0.2) is 30.9 Å². The summed E-state index contributed by atoms with van der Waals surface area (Å²) in [5.74, 6) is 0. The number of rotatable bonds is 4. The van der Waals surface area contributed by atoms with E-state index in [2.05, 4.69) is 21.3 Å². The van der Waals surface area contributed by atoms with Crippen LogP contribution < -0.4 is 0 Å². The van der Waals surface area contributed by atoms with Gasteiger partial charge >= 0.3 is 0 Å². The lowest BCUT2D eigenvalue weighted by molar-refractivity contribution is 1.02. The van der Waals surface area contributed by atoms with Crippen LogP contribution in [0, 0.1) is 11.5 Å². The van der Waals surface area contributed by atoms with Crippen molar-refractivity contribution in [3.05, 3.63) is 59.2 Å². The fraction of sp³-hybridized carbons (Fsp3) is 0.476. The van der Waals surface area contributed by atoms with Crippen molar-refractivity contribution in [2.45, 2.75) is 46.8 Å². The van der Waals surface area contributed by atoms with Crippen molar-refractivity contribution in [2.75, 3.05) is 12.5 Å². The van der Waals surface area contributed by atoms with Crippen LogP contribution in [0.1, 0.15) is 61.7 Å². The Morgan fingerprint density at radius 3 is 1.62 bits per heavy atom. The fourth-order valence-electron chi connectivity index (χ4n) is 2.10. The summed E-state index contributed by atoms with van der Waals surface area (Å²) in [5.41, 5.74) is 2.94. The van der Waals surface area contributed by atoms with Crippen LogP contribution in [0.5, 0.6) is 0 Å². The van der Waals surface area contributed by atoms with Gasteiger partial charge in [0.05, 0.1) is 11.4 Å². The molecule has 0 aliphatic heterocycles. The zero-order valence-corrected chi connectivity index (χ0v) is 23.7. The Labute approximate surface area is 243 Å². The van der Waals surface area contributed by atoms with Gasteiger partial charge in [0.1, 0.15) is 0 Å². The predicted octanol–water partition coefficient (Wildman–Crippen LogP) is 9.11. The molecule has 0 fully saturated rings. The Kier molecular flexibility index (Phi) is 19.9. The Morgan fingerprint density at radius 1 is 0.912 bits per heavy atom. The molecule has 0 aliphatic rings. The third-order valence-electron chi connectivity index (χ3n) is 4.14. The van der Waals surface area contributed by atoms with E-state index in [1.165, 1.54) is 0 Å². The molecule has 13 heteroatoms. The Morgan fingerprint density at radius 2 is 1.32 bits per heavy atom. The molecule has 0 saturated heterocycles. The maximum Gasteiger partial charge on any atom is 0.232 e. The SMILES string of the molecule is C.C.CC(c1ccc(C(Cl)(Cl)Cl)nc1)S(C)=NC#N.CSC(C)c1ccc(C(Cl)(Cl)Cl)nc1.[B]. The van der Waals surface area contributed by atoms with Gasteiger partial charge in [-0.1, -0.05) is 107 Å². The summed E-state index contributed by atoms with van der Waals surface area (Å²) in [4.78, 5) is 8.21. The van der Waals surface area contributed by atoms with Crippen LogP contribution in [0.3, 0.4) is 0 Å². The lowest BCUT2D eigenvalue weighted by Crippen LogP contribution is -2.06. The molecule has 4 nitrogen and oxygen atoms in total. The third kappa shape index (κ3) is 12.9. The second-order valence-electron chi connectivity index (χ2n) is 6.18. The largest absolute Gasteiger partial charge is 0.256 e. The summed E-state index contributed by atoms with van der Waals surface area (Å²) in [5, 5.41) is 9.03. The number of nitriles is 1. The first-order valence-corrected chi connectivity index (χ1v) is 13.9. The van der Waals surface area contributed by atoms with Gasteiger partial charge in [0.2, 0.25) is 13.8 Å². The normalized spacial score (nSPS) is 13.4. The molecule has 0 aromatic carbocycles. The number of nitrogens with zero attached hydrogens (tertiary/aromatic N) is 4. The molecule has 0 aliphatic carbocycles. The van der Waals surface area contributed by atoms with E-state index in [1.54, 1.807) is 36.3 Å². The van der Waals surface area contributed by atoms with Crippen LogP contribution in [0.25, 0.3) is 0 Å². The number of halogens is 6. The van der Waals surface area contributed by atoms with E-state index < -0.39 is 7.59 Å². The van der Waals surface area contributed by atoms with Crippen molar-refractivity contribution >= 4 is 100 Å². The number of pyridine rings is 2. The minimum atomic E-state index is -1.51. The number of alkyl halides is 6. The first-order valence-electron chi connectivity index (χ1n) is 8.65. The second-order valence-corrected chi connectivity index (χ2v) is 13.9. The standard InChI is InChI=1S/C10H10Cl3N3S.C9H10Cl3NS.2CH4.B/c1-7(17(2)16-6-14)8-3-4-9(15-5-8)10(11,12)13;1-6(14-2)7-3-4-8(13-5-7)9(10,11)12;;;/h3-5,7H,1-2H3;3-6H,1-2H3;2*1H4;. The molecule has 0 saturated carbocycles. The first-order chi connectivity index (χ1) is 14.3. The lowest BCUT2D eigenvalue weighted by atomic mass is 10.2. The fourth-order valence-corrected chi connectivity index (χ4v) is 4.01. The minimum absolute atomic E-state index is 0.